The topological polar surface area (TPSA) is 25.8 Å². The summed E-state index contributed by atoms with van der Waals surface area (Å²) in [7, 11) is 0. The minimum Gasteiger partial charge on any atom is -0.241 e. The Hall–Kier alpha value is -0.920. The van der Waals surface area contributed by atoms with Gasteiger partial charge in [0, 0.05) is 18.8 Å². The minimum absolute atomic E-state index is 0.714. The molecule has 0 radical (unpaired) electrons. The zero-order valence-corrected chi connectivity index (χ0v) is 17.3. The fourth-order valence-electron chi connectivity index (χ4n) is 5.45. The molecule has 2 aliphatic rings. The molecule has 0 N–H and O–H groups in total. The lowest BCUT2D eigenvalue weighted by Crippen LogP contribution is -2.16. The van der Waals surface area contributed by atoms with E-state index in [1.807, 2.05) is 0 Å². The summed E-state index contributed by atoms with van der Waals surface area (Å²) >= 11 is 0. The SMILES string of the molecule is CCCC1CCC(CCc2ncc(C3CCC(CCC)CC3)cn2)CC1. The number of hydrogen-bond acceptors (Lipinski definition) is 2. The number of rotatable bonds is 8. The van der Waals surface area contributed by atoms with Gasteiger partial charge < -0.3 is 0 Å². The Labute approximate surface area is 161 Å². The van der Waals surface area contributed by atoms with Crippen LogP contribution >= 0.6 is 0 Å². The van der Waals surface area contributed by atoms with Crippen molar-refractivity contribution in [2.24, 2.45) is 17.8 Å². The summed E-state index contributed by atoms with van der Waals surface area (Å²) < 4.78 is 0. The number of nitrogens with zero attached hydrogens (tertiary/aromatic N) is 2. The number of aryl methyl sites for hydroxylation is 1. The molecular weight excluding hydrogens is 316 g/mol. The molecule has 1 heterocycles. The summed E-state index contributed by atoms with van der Waals surface area (Å²) in [4.78, 5) is 9.45. The van der Waals surface area contributed by atoms with Crippen molar-refractivity contribution in [2.75, 3.05) is 0 Å². The largest absolute Gasteiger partial charge is 0.241 e. The van der Waals surface area contributed by atoms with Gasteiger partial charge in [0.05, 0.1) is 0 Å². The molecule has 2 saturated carbocycles. The van der Waals surface area contributed by atoms with Crippen molar-refractivity contribution in [2.45, 2.75) is 110 Å². The first-order valence-corrected chi connectivity index (χ1v) is 11.6. The van der Waals surface area contributed by atoms with E-state index in [4.69, 9.17) is 9.97 Å². The van der Waals surface area contributed by atoms with Crippen LogP contribution in [0.15, 0.2) is 12.4 Å². The standard InChI is InChI=1S/C24H40N2/c1-3-5-19-7-9-21(10-8-19)13-16-24-25-17-23(18-26-24)22-14-11-20(6-4-2)12-15-22/h17-22H,3-16H2,1-2H3. The Bertz CT molecular complexity index is 493. The second-order valence-corrected chi connectivity index (χ2v) is 9.15. The smallest absolute Gasteiger partial charge is 0.128 e. The van der Waals surface area contributed by atoms with Gasteiger partial charge in [0.2, 0.25) is 0 Å². The minimum atomic E-state index is 0.714. The van der Waals surface area contributed by atoms with Gasteiger partial charge >= 0.3 is 0 Å². The third-order valence-corrected chi connectivity index (χ3v) is 7.18. The predicted octanol–water partition coefficient (Wildman–Crippen LogP) is 7.09. The quantitative estimate of drug-likeness (QED) is 0.497. The van der Waals surface area contributed by atoms with Crippen LogP contribution in [0.3, 0.4) is 0 Å². The summed E-state index contributed by atoms with van der Waals surface area (Å²) in [5.74, 6) is 4.69. The highest BCUT2D eigenvalue weighted by molar-refractivity contribution is 5.12. The van der Waals surface area contributed by atoms with E-state index in [-0.39, 0.29) is 0 Å². The third-order valence-electron chi connectivity index (χ3n) is 7.18. The van der Waals surface area contributed by atoms with Crippen molar-refractivity contribution in [1.82, 2.24) is 9.97 Å². The zero-order valence-electron chi connectivity index (χ0n) is 17.3. The number of hydrogen-bond donors (Lipinski definition) is 0. The molecule has 0 bridgehead atoms. The fourth-order valence-corrected chi connectivity index (χ4v) is 5.45. The van der Waals surface area contributed by atoms with Crippen molar-refractivity contribution >= 4 is 0 Å². The van der Waals surface area contributed by atoms with E-state index in [1.54, 1.807) is 0 Å². The van der Waals surface area contributed by atoms with Gasteiger partial charge in [-0.3, -0.25) is 0 Å². The Morgan fingerprint density at radius 2 is 1.15 bits per heavy atom. The van der Waals surface area contributed by atoms with Crippen LogP contribution in [0.25, 0.3) is 0 Å². The predicted molar refractivity (Wildman–Crippen MR) is 110 cm³/mol. The Balaban J connectivity index is 1.40. The Morgan fingerprint density at radius 3 is 1.65 bits per heavy atom. The van der Waals surface area contributed by atoms with Crippen molar-refractivity contribution in [3.8, 4) is 0 Å². The van der Waals surface area contributed by atoms with Gasteiger partial charge in [0.15, 0.2) is 0 Å². The lowest BCUT2D eigenvalue weighted by Gasteiger charge is -2.28. The van der Waals surface area contributed by atoms with Crippen LogP contribution in [0.1, 0.15) is 115 Å². The molecule has 2 heteroatoms. The molecule has 26 heavy (non-hydrogen) atoms. The normalized spacial score (nSPS) is 29.6. The molecule has 0 spiro atoms. The molecule has 2 fully saturated rings. The molecule has 0 unspecified atom stereocenters. The summed E-state index contributed by atoms with van der Waals surface area (Å²) in [6.45, 7) is 4.64. The first-order chi connectivity index (χ1) is 12.8. The zero-order chi connectivity index (χ0) is 18.2. The van der Waals surface area contributed by atoms with E-state index in [1.165, 1.54) is 89.0 Å². The van der Waals surface area contributed by atoms with Gasteiger partial charge in [-0.1, -0.05) is 65.2 Å². The van der Waals surface area contributed by atoms with Crippen LogP contribution in [0.4, 0.5) is 0 Å². The first kappa shape index (κ1) is 19.8. The van der Waals surface area contributed by atoms with E-state index in [0.29, 0.717) is 5.92 Å². The molecule has 0 atom stereocenters. The first-order valence-electron chi connectivity index (χ1n) is 11.6. The molecule has 146 valence electrons. The van der Waals surface area contributed by atoms with Crippen molar-refractivity contribution < 1.29 is 0 Å². The van der Waals surface area contributed by atoms with Crippen molar-refractivity contribution in [1.29, 1.82) is 0 Å². The van der Waals surface area contributed by atoms with E-state index < -0.39 is 0 Å². The Kier molecular flexibility index (Phi) is 7.95. The Morgan fingerprint density at radius 1 is 0.692 bits per heavy atom. The summed E-state index contributed by atoms with van der Waals surface area (Å²) in [5.41, 5.74) is 1.39. The molecular formula is C24H40N2. The van der Waals surface area contributed by atoms with Gasteiger partial charge in [0.25, 0.3) is 0 Å². The van der Waals surface area contributed by atoms with E-state index in [2.05, 4.69) is 26.2 Å². The molecule has 0 amide bonds. The highest BCUT2D eigenvalue weighted by Gasteiger charge is 2.23. The van der Waals surface area contributed by atoms with E-state index >= 15 is 0 Å². The second kappa shape index (κ2) is 10.4. The maximum absolute atomic E-state index is 4.73. The van der Waals surface area contributed by atoms with Gasteiger partial charge in [-0.2, -0.15) is 0 Å². The van der Waals surface area contributed by atoms with Crippen LogP contribution in [-0.4, -0.2) is 9.97 Å². The van der Waals surface area contributed by atoms with Crippen LogP contribution < -0.4 is 0 Å². The second-order valence-electron chi connectivity index (χ2n) is 9.15. The maximum Gasteiger partial charge on any atom is 0.128 e. The van der Waals surface area contributed by atoms with Crippen molar-refractivity contribution in [3.63, 3.8) is 0 Å². The molecule has 0 saturated heterocycles. The van der Waals surface area contributed by atoms with Crippen LogP contribution in [0, 0.1) is 17.8 Å². The highest BCUT2D eigenvalue weighted by Crippen LogP contribution is 2.37. The van der Waals surface area contributed by atoms with Crippen LogP contribution in [0.2, 0.25) is 0 Å². The van der Waals surface area contributed by atoms with Gasteiger partial charge in [-0.25, -0.2) is 9.97 Å². The average Bonchev–Trinajstić information content (AvgIpc) is 2.69. The van der Waals surface area contributed by atoms with Crippen LogP contribution in [-0.2, 0) is 6.42 Å². The summed E-state index contributed by atoms with van der Waals surface area (Å²) in [5, 5.41) is 0. The molecule has 2 aliphatic carbocycles. The molecule has 3 rings (SSSR count). The van der Waals surface area contributed by atoms with Gasteiger partial charge in [-0.05, 0) is 61.3 Å². The molecule has 0 aromatic carbocycles. The van der Waals surface area contributed by atoms with Gasteiger partial charge in [0.1, 0.15) is 5.82 Å². The average molecular weight is 357 g/mol. The lowest BCUT2D eigenvalue weighted by molar-refractivity contribution is 0.251. The highest BCUT2D eigenvalue weighted by atomic mass is 14.9. The summed E-state index contributed by atoms with van der Waals surface area (Å²) in [6.07, 6.45) is 23.5. The lowest BCUT2D eigenvalue weighted by atomic mass is 9.78. The maximum atomic E-state index is 4.73. The number of aromatic nitrogens is 2. The molecule has 1 aromatic heterocycles. The third kappa shape index (κ3) is 5.79. The summed E-state index contributed by atoms with van der Waals surface area (Å²) in [6, 6.07) is 0. The molecule has 1 aromatic rings. The monoisotopic (exact) mass is 356 g/mol. The molecule has 0 aliphatic heterocycles. The van der Waals surface area contributed by atoms with Gasteiger partial charge in [-0.15, -0.1) is 0 Å². The van der Waals surface area contributed by atoms with E-state index in [9.17, 15) is 0 Å². The molecule has 2 nitrogen and oxygen atoms in total. The van der Waals surface area contributed by atoms with Crippen LogP contribution in [0.5, 0.6) is 0 Å². The fraction of sp³-hybridized carbons (Fsp3) is 0.833. The van der Waals surface area contributed by atoms with E-state index in [0.717, 1.165) is 30.0 Å². The van der Waals surface area contributed by atoms with Crippen molar-refractivity contribution in [3.05, 3.63) is 23.8 Å².